The molecular weight excluding hydrogens is 445 g/mol. The van der Waals surface area contributed by atoms with Crippen molar-refractivity contribution in [1.29, 1.82) is 0 Å². The van der Waals surface area contributed by atoms with Gasteiger partial charge in [0.2, 0.25) is 5.95 Å². The standard InChI is InChI=1S/C27H26FN5O2/c28-26-21(4-3-11-30-26)18-7-9-23-22(15-18)25(32-33(23)24-5-1-2-13-35-24)27(34)31-20-8-6-17-10-12-29-16-19(17)14-20/h3-4,6-9,11,14-15,24,29H,1-2,5,10,12-13,16H2,(H,31,34). The van der Waals surface area contributed by atoms with Gasteiger partial charge < -0.3 is 15.4 Å². The number of aromatic nitrogens is 3. The second kappa shape index (κ2) is 9.20. The van der Waals surface area contributed by atoms with Gasteiger partial charge in [-0.15, -0.1) is 0 Å². The summed E-state index contributed by atoms with van der Waals surface area (Å²) < 4.78 is 22.2. The Kier molecular flexibility index (Phi) is 5.75. The van der Waals surface area contributed by atoms with Crippen LogP contribution >= 0.6 is 0 Å². The lowest BCUT2D eigenvalue weighted by Gasteiger charge is -2.23. The van der Waals surface area contributed by atoms with Crippen LogP contribution in [0.1, 0.15) is 47.1 Å². The van der Waals surface area contributed by atoms with Crippen LogP contribution in [0.15, 0.2) is 54.7 Å². The number of halogens is 1. The summed E-state index contributed by atoms with van der Waals surface area (Å²) in [5, 5.41) is 11.7. The topological polar surface area (TPSA) is 81.1 Å². The van der Waals surface area contributed by atoms with Crippen LogP contribution in [0, 0.1) is 5.95 Å². The van der Waals surface area contributed by atoms with Crippen LogP contribution < -0.4 is 10.6 Å². The van der Waals surface area contributed by atoms with Crippen LogP contribution in [0.25, 0.3) is 22.0 Å². The first kappa shape index (κ1) is 21.9. The average molecular weight is 472 g/mol. The lowest BCUT2D eigenvalue weighted by atomic mass is 10.0. The van der Waals surface area contributed by atoms with E-state index in [-0.39, 0.29) is 17.8 Å². The molecule has 2 N–H and O–H groups in total. The minimum atomic E-state index is -0.552. The van der Waals surface area contributed by atoms with Gasteiger partial charge in [0.05, 0.1) is 5.52 Å². The molecule has 1 fully saturated rings. The van der Waals surface area contributed by atoms with Gasteiger partial charge in [-0.1, -0.05) is 12.1 Å². The maximum atomic E-state index is 14.4. The molecule has 1 saturated heterocycles. The fourth-order valence-corrected chi connectivity index (χ4v) is 4.96. The molecule has 4 aromatic rings. The van der Waals surface area contributed by atoms with Crippen molar-refractivity contribution in [3.63, 3.8) is 0 Å². The highest BCUT2D eigenvalue weighted by Gasteiger charge is 2.25. The van der Waals surface area contributed by atoms with Crippen molar-refractivity contribution in [2.75, 3.05) is 18.5 Å². The molecule has 6 rings (SSSR count). The molecule has 1 atom stereocenters. The van der Waals surface area contributed by atoms with Gasteiger partial charge in [0.1, 0.15) is 0 Å². The lowest BCUT2D eigenvalue weighted by molar-refractivity contribution is -0.0367. The van der Waals surface area contributed by atoms with Gasteiger partial charge in [-0.25, -0.2) is 9.67 Å². The minimum Gasteiger partial charge on any atom is -0.356 e. The number of nitrogens with one attached hydrogen (secondary N) is 2. The second-order valence-corrected chi connectivity index (χ2v) is 9.05. The molecule has 0 bridgehead atoms. The fraction of sp³-hybridized carbons (Fsp3) is 0.296. The van der Waals surface area contributed by atoms with Crippen molar-refractivity contribution in [1.82, 2.24) is 20.1 Å². The number of fused-ring (bicyclic) bond motifs is 2. The third-order valence-corrected chi connectivity index (χ3v) is 6.77. The zero-order valence-electron chi connectivity index (χ0n) is 19.3. The van der Waals surface area contributed by atoms with Crippen molar-refractivity contribution in [3.8, 4) is 11.1 Å². The number of hydrogen-bond acceptors (Lipinski definition) is 5. The van der Waals surface area contributed by atoms with E-state index >= 15 is 0 Å². The summed E-state index contributed by atoms with van der Waals surface area (Å²) in [5.74, 6) is -0.861. The SMILES string of the molecule is O=C(Nc1ccc2c(c1)CNCC2)c1nn(C2CCCCO2)c2ccc(-c3cccnc3F)cc12. The molecule has 1 unspecified atom stereocenters. The smallest absolute Gasteiger partial charge is 0.276 e. The Labute approximate surface area is 202 Å². The summed E-state index contributed by atoms with van der Waals surface area (Å²) in [6, 6.07) is 14.9. The third-order valence-electron chi connectivity index (χ3n) is 6.77. The van der Waals surface area contributed by atoms with Crippen molar-refractivity contribution in [2.45, 2.75) is 38.5 Å². The van der Waals surface area contributed by atoms with Crippen LogP contribution in [0.2, 0.25) is 0 Å². The first-order valence-electron chi connectivity index (χ1n) is 12.1. The molecule has 0 spiro atoms. The van der Waals surface area contributed by atoms with Gasteiger partial charge >= 0.3 is 0 Å². The maximum absolute atomic E-state index is 14.4. The Balaban J connectivity index is 1.41. The van der Waals surface area contributed by atoms with E-state index in [2.05, 4.69) is 21.7 Å². The molecule has 2 aliphatic rings. The summed E-state index contributed by atoms with van der Waals surface area (Å²) in [5.41, 5.74) is 5.30. The van der Waals surface area contributed by atoms with E-state index in [1.54, 1.807) is 16.8 Å². The quantitative estimate of drug-likeness (QED) is 0.417. The van der Waals surface area contributed by atoms with E-state index in [9.17, 15) is 9.18 Å². The van der Waals surface area contributed by atoms with Gasteiger partial charge in [-0.05, 0) is 85.3 Å². The molecule has 1 amide bonds. The number of hydrogen-bond donors (Lipinski definition) is 2. The van der Waals surface area contributed by atoms with Gasteiger partial charge in [-0.3, -0.25) is 4.79 Å². The third kappa shape index (κ3) is 4.19. The fourth-order valence-electron chi connectivity index (χ4n) is 4.96. The molecule has 0 radical (unpaired) electrons. The molecule has 178 valence electrons. The highest BCUT2D eigenvalue weighted by molar-refractivity contribution is 6.11. The average Bonchev–Trinajstić information content (AvgIpc) is 3.28. The molecule has 0 saturated carbocycles. The Morgan fingerprint density at radius 1 is 1.14 bits per heavy atom. The summed E-state index contributed by atoms with van der Waals surface area (Å²) in [6.07, 6.45) is 5.05. The van der Waals surface area contributed by atoms with E-state index < -0.39 is 5.95 Å². The highest BCUT2D eigenvalue weighted by atomic mass is 19.1. The van der Waals surface area contributed by atoms with Crippen molar-refractivity contribution in [2.24, 2.45) is 0 Å². The zero-order valence-corrected chi connectivity index (χ0v) is 19.3. The van der Waals surface area contributed by atoms with Crippen molar-refractivity contribution in [3.05, 3.63) is 77.5 Å². The number of anilines is 1. The number of rotatable bonds is 4. The summed E-state index contributed by atoms with van der Waals surface area (Å²) in [4.78, 5) is 17.2. The first-order chi connectivity index (χ1) is 17.2. The van der Waals surface area contributed by atoms with E-state index in [4.69, 9.17) is 9.84 Å². The van der Waals surface area contributed by atoms with Crippen molar-refractivity contribution < 1.29 is 13.9 Å². The number of ether oxygens (including phenoxy) is 1. The molecule has 7 nitrogen and oxygen atoms in total. The zero-order chi connectivity index (χ0) is 23.8. The first-order valence-corrected chi connectivity index (χ1v) is 12.1. The molecule has 35 heavy (non-hydrogen) atoms. The van der Waals surface area contributed by atoms with Gasteiger partial charge in [0.25, 0.3) is 5.91 Å². The van der Waals surface area contributed by atoms with E-state index in [1.807, 2.05) is 30.3 Å². The number of pyridine rings is 1. The van der Waals surface area contributed by atoms with Crippen LogP contribution in [0.5, 0.6) is 0 Å². The van der Waals surface area contributed by atoms with Crippen LogP contribution in [-0.2, 0) is 17.7 Å². The molecular formula is C27H26FN5O2. The summed E-state index contributed by atoms with van der Waals surface area (Å²) in [7, 11) is 0. The van der Waals surface area contributed by atoms with E-state index in [0.29, 0.717) is 23.1 Å². The molecule has 0 aliphatic carbocycles. The number of amides is 1. The van der Waals surface area contributed by atoms with Crippen molar-refractivity contribution >= 4 is 22.5 Å². The Hall–Kier alpha value is -3.62. The number of nitrogens with zero attached hydrogens (tertiary/aromatic N) is 3. The highest BCUT2D eigenvalue weighted by Crippen LogP contribution is 2.32. The Morgan fingerprint density at radius 3 is 2.94 bits per heavy atom. The molecule has 2 aromatic carbocycles. The lowest BCUT2D eigenvalue weighted by Crippen LogP contribution is -2.24. The summed E-state index contributed by atoms with van der Waals surface area (Å²) >= 11 is 0. The minimum absolute atomic E-state index is 0.233. The second-order valence-electron chi connectivity index (χ2n) is 9.05. The Bertz CT molecular complexity index is 1410. The largest absolute Gasteiger partial charge is 0.356 e. The van der Waals surface area contributed by atoms with Gasteiger partial charge in [0.15, 0.2) is 11.9 Å². The predicted octanol–water partition coefficient (Wildman–Crippen LogP) is 4.83. The van der Waals surface area contributed by atoms with E-state index in [1.165, 1.54) is 17.3 Å². The van der Waals surface area contributed by atoms with Gasteiger partial charge in [-0.2, -0.15) is 9.49 Å². The van der Waals surface area contributed by atoms with Crippen LogP contribution in [-0.4, -0.2) is 33.8 Å². The summed E-state index contributed by atoms with van der Waals surface area (Å²) in [6.45, 7) is 2.41. The van der Waals surface area contributed by atoms with E-state index in [0.717, 1.165) is 50.0 Å². The monoisotopic (exact) mass is 471 g/mol. The number of carbonyl (C=O) groups is 1. The number of carbonyl (C=O) groups excluding carboxylic acids is 1. The maximum Gasteiger partial charge on any atom is 0.276 e. The van der Waals surface area contributed by atoms with Crippen LogP contribution in [0.4, 0.5) is 10.1 Å². The molecule has 8 heteroatoms. The molecule has 4 heterocycles. The molecule has 2 aliphatic heterocycles. The van der Waals surface area contributed by atoms with Crippen LogP contribution in [0.3, 0.4) is 0 Å². The Morgan fingerprint density at radius 2 is 2.09 bits per heavy atom. The predicted molar refractivity (Wildman–Crippen MR) is 132 cm³/mol. The normalized spacial score (nSPS) is 17.8. The molecule has 2 aromatic heterocycles. The van der Waals surface area contributed by atoms with Gasteiger partial charge in [0, 0.05) is 36.0 Å². The number of benzene rings is 2.